The summed E-state index contributed by atoms with van der Waals surface area (Å²) in [4.78, 5) is 11.4. The zero-order chi connectivity index (χ0) is 12.4. The molecule has 1 fully saturated rings. The van der Waals surface area contributed by atoms with Crippen LogP contribution in [0.5, 0.6) is 0 Å². The van der Waals surface area contributed by atoms with Crippen LogP contribution in [0.4, 0.5) is 4.39 Å². The highest BCUT2D eigenvalue weighted by atomic mass is 32.2. The molecule has 5 heteroatoms. The van der Waals surface area contributed by atoms with Gasteiger partial charge in [0, 0.05) is 5.75 Å². The van der Waals surface area contributed by atoms with Crippen molar-refractivity contribution in [1.29, 1.82) is 0 Å². The van der Waals surface area contributed by atoms with E-state index in [1.165, 1.54) is 11.8 Å². The zero-order valence-corrected chi connectivity index (χ0v) is 10.8. The van der Waals surface area contributed by atoms with Crippen molar-refractivity contribution in [2.24, 2.45) is 5.41 Å². The van der Waals surface area contributed by atoms with Crippen molar-refractivity contribution in [2.45, 2.75) is 39.0 Å². The molecule has 16 heavy (non-hydrogen) atoms. The molecule has 0 spiro atoms. The number of carbonyl (C=O) groups is 1. The van der Waals surface area contributed by atoms with Crippen LogP contribution in [0.15, 0.2) is 0 Å². The summed E-state index contributed by atoms with van der Waals surface area (Å²) in [7, 11) is 0. The first-order chi connectivity index (χ1) is 7.35. The lowest BCUT2D eigenvalue weighted by molar-refractivity contribution is -0.170. The minimum Gasteiger partial charge on any atom is -0.464 e. The molecular weight excluding hydrogens is 231 g/mol. The maximum absolute atomic E-state index is 14.0. The van der Waals surface area contributed by atoms with Crippen LogP contribution in [0, 0.1) is 5.41 Å². The van der Waals surface area contributed by atoms with Gasteiger partial charge < -0.3 is 9.84 Å². The van der Waals surface area contributed by atoms with E-state index in [1.807, 2.05) is 0 Å². The number of halogens is 1. The fourth-order valence-electron chi connectivity index (χ4n) is 1.79. The van der Waals surface area contributed by atoms with Gasteiger partial charge in [-0.2, -0.15) is 11.8 Å². The van der Waals surface area contributed by atoms with Crippen molar-refractivity contribution in [3.8, 4) is 0 Å². The maximum atomic E-state index is 14.0. The van der Waals surface area contributed by atoms with Gasteiger partial charge in [0.1, 0.15) is 5.60 Å². The SMILES string of the molecule is CCOC(=O)C(F)C1(O)CSCCC1(C)C. The number of hydrogen-bond acceptors (Lipinski definition) is 4. The van der Waals surface area contributed by atoms with Crippen molar-refractivity contribution in [2.75, 3.05) is 18.1 Å². The normalized spacial score (nSPS) is 30.8. The lowest BCUT2D eigenvalue weighted by Gasteiger charge is -2.46. The molecule has 94 valence electrons. The number of alkyl halides is 1. The third-order valence-electron chi connectivity index (χ3n) is 3.28. The van der Waals surface area contributed by atoms with Crippen LogP contribution in [0.1, 0.15) is 27.2 Å². The Bertz CT molecular complexity index is 270. The molecule has 0 saturated carbocycles. The lowest BCUT2D eigenvalue weighted by Crippen LogP contribution is -2.59. The fourth-order valence-corrected chi connectivity index (χ4v) is 3.44. The van der Waals surface area contributed by atoms with E-state index >= 15 is 0 Å². The van der Waals surface area contributed by atoms with Crippen LogP contribution in [-0.4, -0.2) is 41.0 Å². The smallest absolute Gasteiger partial charge is 0.343 e. The quantitative estimate of drug-likeness (QED) is 0.776. The second-order valence-electron chi connectivity index (χ2n) is 4.73. The van der Waals surface area contributed by atoms with Crippen molar-refractivity contribution >= 4 is 17.7 Å². The Morgan fingerprint density at radius 3 is 2.75 bits per heavy atom. The molecule has 0 aromatic heterocycles. The molecule has 0 radical (unpaired) electrons. The number of hydrogen-bond donors (Lipinski definition) is 1. The minimum atomic E-state index is -1.96. The van der Waals surface area contributed by atoms with Gasteiger partial charge in [0.25, 0.3) is 0 Å². The Kier molecular flexibility index (Phi) is 4.23. The van der Waals surface area contributed by atoms with Gasteiger partial charge in [-0.3, -0.25) is 0 Å². The first-order valence-corrected chi connectivity index (χ1v) is 6.61. The van der Waals surface area contributed by atoms with Crippen LogP contribution in [-0.2, 0) is 9.53 Å². The summed E-state index contributed by atoms with van der Waals surface area (Å²) in [5, 5.41) is 10.4. The van der Waals surface area contributed by atoms with Crippen LogP contribution in [0.25, 0.3) is 0 Å². The summed E-state index contributed by atoms with van der Waals surface area (Å²) in [6.07, 6.45) is -1.27. The van der Waals surface area contributed by atoms with Gasteiger partial charge >= 0.3 is 5.97 Å². The molecule has 2 unspecified atom stereocenters. The van der Waals surface area contributed by atoms with Gasteiger partial charge in [0.2, 0.25) is 6.17 Å². The van der Waals surface area contributed by atoms with E-state index in [0.717, 1.165) is 5.75 Å². The first-order valence-electron chi connectivity index (χ1n) is 5.46. The summed E-state index contributed by atoms with van der Waals surface area (Å²) < 4.78 is 18.6. The number of thioether (sulfide) groups is 1. The molecular formula is C11H19FO3S. The predicted octanol–water partition coefficient (Wildman–Crippen LogP) is 1.78. The number of rotatable bonds is 3. The molecule has 3 nitrogen and oxygen atoms in total. The molecule has 1 rings (SSSR count). The second kappa shape index (κ2) is 4.92. The van der Waals surface area contributed by atoms with Gasteiger partial charge in [-0.05, 0) is 24.5 Å². The van der Waals surface area contributed by atoms with Gasteiger partial charge in [0.15, 0.2) is 0 Å². The average molecular weight is 250 g/mol. The summed E-state index contributed by atoms with van der Waals surface area (Å²) in [6, 6.07) is 0. The van der Waals surface area contributed by atoms with E-state index < -0.39 is 23.2 Å². The molecule has 0 aromatic carbocycles. The maximum Gasteiger partial charge on any atom is 0.343 e. The highest BCUT2D eigenvalue weighted by Gasteiger charge is 2.54. The van der Waals surface area contributed by atoms with Gasteiger partial charge in [0.05, 0.1) is 6.61 Å². The van der Waals surface area contributed by atoms with Crippen molar-refractivity contribution in [3.05, 3.63) is 0 Å². The largest absolute Gasteiger partial charge is 0.464 e. The third-order valence-corrected chi connectivity index (χ3v) is 4.42. The molecule has 1 aliphatic heterocycles. The van der Waals surface area contributed by atoms with Crippen LogP contribution < -0.4 is 0 Å². The predicted molar refractivity (Wildman–Crippen MR) is 62.2 cm³/mol. The summed E-state index contributed by atoms with van der Waals surface area (Å²) in [5.74, 6) is 0.158. The highest BCUT2D eigenvalue weighted by molar-refractivity contribution is 7.99. The van der Waals surface area contributed by atoms with Crippen molar-refractivity contribution < 1.29 is 19.0 Å². The Morgan fingerprint density at radius 2 is 2.25 bits per heavy atom. The topological polar surface area (TPSA) is 46.5 Å². The molecule has 0 aliphatic carbocycles. The Balaban J connectivity index is 2.85. The lowest BCUT2D eigenvalue weighted by atomic mass is 9.71. The summed E-state index contributed by atoms with van der Waals surface area (Å²) >= 11 is 1.47. The highest BCUT2D eigenvalue weighted by Crippen LogP contribution is 2.45. The summed E-state index contributed by atoms with van der Waals surface area (Å²) in [5.41, 5.74) is -2.23. The Labute approximate surface area is 99.7 Å². The summed E-state index contributed by atoms with van der Waals surface area (Å²) in [6.45, 7) is 5.33. The minimum absolute atomic E-state index is 0.128. The average Bonchev–Trinajstić information content (AvgIpc) is 2.21. The van der Waals surface area contributed by atoms with Gasteiger partial charge in [-0.1, -0.05) is 13.8 Å². The molecule has 0 aromatic rings. The number of ether oxygens (including phenoxy) is 1. The van der Waals surface area contributed by atoms with E-state index in [0.29, 0.717) is 6.42 Å². The van der Waals surface area contributed by atoms with Gasteiger partial charge in [-0.25, -0.2) is 9.18 Å². The Morgan fingerprint density at radius 1 is 1.62 bits per heavy atom. The van der Waals surface area contributed by atoms with Crippen LogP contribution >= 0.6 is 11.8 Å². The fraction of sp³-hybridized carbons (Fsp3) is 0.909. The third kappa shape index (κ3) is 2.35. The van der Waals surface area contributed by atoms with Gasteiger partial charge in [-0.15, -0.1) is 0 Å². The van der Waals surface area contributed by atoms with E-state index in [9.17, 15) is 14.3 Å². The molecule has 1 saturated heterocycles. The molecule has 2 atom stereocenters. The number of carbonyl (C=O) groups excluding carboxylic acids is 1. The van der Waals surface area contributed by atoms with E-state index in [4.69, 9.17) is 0 Å². The van der Waals surface area contributed by atoms with Crippen molar-refractivity contribution in [3.63, 3.8) is 0 Å². The monoisotopic (exact) mass is 250 g/mol. The van der Waals surface area contributed by atoms with Crippen LogP contribution in [0.3, 0.4) is 0 Å². The standard InChI is InChI=1S/C11H19FO3S/c1-4-15-9(13)8(12)11(14)7-16-6-5-10(11,2)3/h8,14H,4-7H2,1-3H3. The first kappa shape index (κ1) is 13.8. The van der Waals surface area contributed by atoms with Crippen molar-refractivity contribution in [1.82, 2.24) is 0 Å². The molecule has 0 bridgehead atoms. The van der Waals surface area contributed by atoms with E-state index in [-0.39, 0.29) is 12.4 Å². The number of aliphatic hydroxyl groups is 1. The number of esters is 1. The molecule has 0 amide bonds. The molecule has 1 N–H and O–H groups in total. The van der Waals surface area contributed by atoms with E-state index in [2.05, 4.69) is 4.74 Å². The Hall–Kier alpha value is -0.290. The van der Waals surface area contributed by atoms with E-state index in [1.54, 1.807) is 20.8 Å². The van der Waals surface area contributed by atoms with Crippen LogP contribution in [0.2, 0.25) is 0 Å². The second-order valence-corrected chi connectivity index (χ2v) is 5.83. The molecule has 1 heterocycles. The zero-order valence-electron chi connectivity index (χ0n) is 9.96. The molecule has 1 aliphatic rings.